The van der Waals surface area contributed by atoms with E-state index < -0.39 is 10.0 Å². The second-order valence-corrected chi connectivity index (χ2v) is 9.31. The van der Waals surface area contributed by atoms with Gasteiger partial charge in [0, 0.05) is 23.0 Å². The Labute approximate surface area is 150 Å². The van der Waals surface area contributed by atoms with Crippen LogP contribution in [0.3, 0.4) is 0 Å². The normalized spacial score (nSPS) is 23.9. The lowest BCUT2D eigenvalue weighted by atomic mass is 9.85. The number of nitrogens with zero attached hydrogens (tertiary/aromatic N) is 2. The summed E-state index contributed by atoms with van der Waals surface area (Å²) in [4.78, 5) is 0.307. The van der Waals surface area contributed by atoms with E-state index >= 15 is 0 Å². The minimum atomic E-state index is -3.56. The predicted octanol–water partition coefficient (Wildman–Crippen LogP) is 3.63. The zero-order valence-electron chi connectivity index (χ0n) is 13.2. The molecule has 1 fully saturated rings. The van der Waals surface area contributed by atoms with Crippen LogP contribution >= 0.6 is 23.4 Å². The lowest BCUT2D eigenvalue weighted by Gasteiger charge is -2.44. The van der Waals surface area contributed by atoms with Gasteiger partial charge in [-0.05, 0) is 49.8 Å². The lowest BCUT2D eigenvalue weighted by molar-refractivity contribution is 0.160. The number of thioether (sulfide) groups is 1. The number of rotatable bonds is 3. The SMILES string of the molecule is CSc1[nH]nc2c1C1CCCC(C2)N1S(=O)(=O)c1ccc(Cl)cc1. The summed E-state index contributed by atoms with van der Waals surface area (Å²) in [7, 11) is -3.56. The van der Waals surface area contributed by atoms with E-state index in [1.54, 1.807) is 40.3 Å². The number of aromatic amines is 1. The van der Waals surface area contributed by atoms with Gasteiger partial charge in [-0.25, -0.2) is 8.42 Å². The van der Waals surface area contributed by atoms with Crippen LogP contribution in [0, 0.1) is 0 Å². The van der Waals surface area contributed by atoms with E-state index in [4.69, 9.17) is 11.6 Å². The summed E-state index contributed by atoms with van der Waals surface area (Å²) in [6, 6.07) is 6.29. The molecule has 1 N–H and O–H groups in total. The molecule has 1 aromatic heterocycles. The zero-order valence-corrected chi connectivity index (χ0v) is 15.6. The van der Waals surface area contributed by atoms with Gasteiger partial charge in [0.25, 0.3) is 0 Å². The molecule has 1 saturated heterocycles. The molecule has 128 valence electrons. The fourth-order valence-electron chi connectivity index (χ4n) is 3.86. The molecule has 0 amide bonds. The third kappa shape index (κ3) is 2.49. The third-order valence-corrected chi connectivity index (χ3v) is 7.83. The Balaban J connectivity index is 1.81. The van der Waals surface area contributed by atoms with Gasteiger partial charge in [0.05, 0.1) is 21.7 Å². The van der Waals surface area contributed by atoms with Gasteiger partial charge in [0.1, 0.15) is 0 Å². The summed E-state index contributed by atoms with van der Waals surface area (Å²) in [6.45, 7) is 0. The number of sulfonamides is 1. The van der Waals surface area contributed by atoms with E-state index in [1.165, 1.54) is 0 Å². The molecule has 2 atom stereocenters. The van der Waals surface area contributed by atoms with Crippen molar-refractivity contribution in [3.8, 4) is 0 Å². The molecular formula is C16H18ClN3O2S2. The van der Waals surface area contributed by atoms with Crippen molar-refractivity contribution >= 4 is 33.4 Å². The van der Waals surface area contributed by atoms with Gasteiger partial charge in [-0.1, -0.05) is 11.6 Å². The fraction of sp³-hybridized carbons (Fsp3) is 0.438. The van der Waals surface area contributed by atoms with Crippen molar-refractivity contribution < 1.29 is 8.42 Å². The smallest absolute Gasteiger partial charge is 0.243 e. The maximum atomic E-state index is 13.3. The predicted molar refractivity (Wildman–Crippen MR) is 94.9 cm³/mol. The molecule has 2 aliphatic rings. The van der Waals surface area contributed by atoms with Crippen molar-refractivity contribution in [2.24, 2.45) is 0 Å². The minimum absolute atomic E-state index is 0.0186. The van der Waals surface area contributed by atoms with Crippen LogP contribution in [0.4, 0.5) is 0 Å². The van der Waals surface area contributed by atoms with Crippen LogP contribution in [0.25, 0.3) is 0 Å². The molecule has 2 unspecified atom stereocenters. The maximum Gasteiger partial charge on any atom is 0.243 e. The largest absolute Gasteiger partial charge is 0.271 e. The highest BCUT2D eigenvalue weighted by Gasteiger charge is 2.46. The van der Waals surface area contributed by atoms with Crippen molar-refractivity contribution in [3.63, 3.8) is 0 Å². The van der Waals surface area contributed by atoms with Crippen LogP contribution in [0.15, 0.2) is 34.2 Å². The number of nitrogens with one attached hydrogen (secondary N) is 1. The lowest BCUT2D eigenvalue weighted by Crippen LogP contribution is -2.49. The Morgan fingerprint density at radius 1 is 1.29 bits per heavy atom. The summed E-state index contributed by atoms with van der Waals surface area (Å²) in [5.41, 5.74) is 2.09. The molecule has 0 aliphatic carbocycles. The first-order valence-corrected chi connectivity index (χ1v) is 11.0. The van der Waals surface area contributed by atoms with Crippen LogP contribution < -0.4 is 0 Å². The van der Waals surface area contributed by atoms with E-state index in [0.29, 0.717) is 16.3 Å². The van der Waals surface area contributed by atoms with Crippen molar-refractivity contribution in [2.45, 2.75) is 47.7 Å². The third-order valence-electron chi connectivity index (χ3n) is 4.89. The number of aromatic nitrogens is 2. The molecular weight excluding hydrogens is 366 g/mol. The Morgan fingerprint density at radius 2 is 2.04 bits per heavy atom. The molecule has 0 radical (unpaired) electrons. The van der Waals surface area contributed by atoms with Crippen molar-refractivity contribution in [3.05, 3.63) is 40.5 Å². The summed E-state index contributed by atoms with van der Waals surface area (Å²) in [6.07, 6.45) is 5.42. The van der Waals surface area contributed by atoms with Crippen LogP contribution in [0.5, 0.6) is 0 Å². The number of hydrogen-bond acceptors (Lipinski definition) is 4. The Kier molecular flexibility index (Phi) is 4.15. The van der Waals surface area contributed by atoms with Gasteiger partial charge in [-0.3, -0.25) is 5.10 Å². The Morgan fingerprint density at radius 3 is 2.75 bits per heavy atom. The van der Waals surface area contributed by atoms with E-state index in [-0.39, 0.29) is 12.1 Å². The highest BCUT2D eigenvalue weighted by Crippen LogP contribution is 2.46. The molecule has 2 aliphatic heterocycles. The summed E-state index contributed by atoms with van der Waals surface area (Å²) >= 11 is 7.50. The van der Waals surface area contributed by atoms with E-state index in [1.807, 2.05) is 6.26 Å². The van der Waals surface area contributed by atoms with Gasteiger partial charge < -0.3 is 0 Å². The van der Waals surface area contributed by atoms with Crippen LogP contribution in [-0.4, -0.2) is 35.2 Å². The highest BCUT2D eigenvalue weighted by molar-refractivity contribution is 7.98. The Bertz CT molecular complexity index is 864. The fourth-order valence-corrected chi connectivity index (χ4v) is 6.44. The van der Waals surface area contributed by atoms with Crippen molar-refractivity contribution in [1.82, 2.24) is 14.5 Å². The molecule has 4 rings (SSSR count). The van der Waals surface area contributed by atoms with Gasteiger partial charge >= 0.3 is 0 Å². The van der Waals surface area contributed by atoms with Crippen molar-refractivity contribution in [2.75, 3.05) is 6.26 Å². The number of H-pyrrole nitrogens is 1. The summed E-state index contributed by atoms with van der Waals surface area (Å²) < 4.78 is 28.3. The molecule has 2 aromatic rings. The number of fused-ring (bicyclic) bond motifs is 4. The number of benzene rings is 1. The first-order chi connectivity index (χ1) is 11.5. The molecule has 24 heavy (non-hydrogen) atoms. The van der Waals surface area contributed by atoms with Crippen molar-refractivity contribution in [1.29, 1.82) is 0 Å². The Hall–Kier alpha value is -1.02. The molecule has 0 saturated carbocycles. The number of halogens is 1. The maximum absolute atomic E-state index is 13.3. The second-order valence-electron chi connectivity index (χ2n) is 6.21. The standard InChI is InChI=1S/C16H18ClN3O2S2/c1-23-16-15-13(18-19-16)9-11-3-2-4-14(15)20(11)24(21,22)12-7-5-10(17)6-8-12/h5-8,11,14H,2-4,9H2,1H3,(H,18,19). The van der Waals surface area contributed by atoms with Crippen LogP contribution in [-0.2, 0) is 16.4 Å². The van der Waals surface area contributed by atoms with E-state index in [2.05, 4.69) is 10.2 Å². The first-order valence-electron chi connectivity index (χ1n) is 7.92. The van der Waals surface area contributed by atoms with Gasteiger partial charge in [0.2, 0.25) is 10.0 Å². The van der Waals surface area contributed by atoms with Gasteiger partial charge in [-0.2, -0.15) is 9.40 Å². The van der Waals surface area contributed by atoms with Gasteiger partial charge in [0.15, 0.2) is 0 Å². The van der Waals surface area contributed by atoms with Crippen LogP contribution in [0.2, 0.25) is 5.02 Å². The summed E-state index contributed by atoms with van der Waals surface area (Å²) in [5, 5.41) is 9.01. The molecule has 1 aromatic carbocycles. The first kappa shape index (κ1) is 16.4. The second kappa shape index (κ2) is 6.05. The molecule has 3 heterocycles. The van der Waals surface area contributed by atoms with E-state index in [9.17, 15) is 8.42 Å². The number of piperidine rings is 1. The minimum Gasteiger partial charge on any atom is -0.271 e. The monoisotopic (exact) mass is 383 g/mol. The molecule has 8 heteroatoms. The summed E-state index contributed by atoms with van der Waals surface area (Å²) in [5.74, 6) is 0. The zero-order chi connectivity index (χ0) is 16.9. The van der Waals surface area contributed by atoms with Gasteiger partial charge in [-0.15, -0.1) is 11.8 Å². The van der Waals surface area contributed by atoms with Crippen LogP contribution in [0.1, 0.15) is 36.6 Å². The quantitative estimate of drug-likeness (QED) is 0.822. The van der Waals surface area contributed by atoms with E-state index in [0.717, 1.165) is 35.5 Å². The molecule has 2 bridgehead atoms. The average Bonchev–Trinajstić information content (AvgIpc) is 2.97. The molecule has 5 nitrogen and oxygen atoms in total. The molecule has 0 spiro atoms. The highest BCUT2D eigenvalue weighted by atomic mass is 35.5. The average molecular weight is 384 g/mol. The number of hydrogen-bond donors (Lipinski definition) is 1. The topological polar surface area (TPSA) is 66.1 Å².